The van der Waals surface area contributed by atoms with E-state index in [1.165, 1.54) is 0 Å². The van der Waals surface area contributed by atoms with Gasteiger partial charge in [0.1, 0.15) is 0 Å². The molecule has 1 aromatic carbocycles. The van der Waals surface area contributed by atoms with Crippen molar-refractivity contribution in [3.63, 3.8) is 0 Å². The number of nitriles is 1. The van der Waals surface area contributed by atoms with Gasteiger partial charge in [-0.2, -0.15) is 5.26 Å². The molecule has 6 heteroatoms. The summed E-state index contributed by atoms with van der Waals surface area (Å²) in [6, 6.07) is 6.82. The number of nitrogens with zero attached hydrogens (tertiary/aromatic N) is 1. The van der Waals surface area contributed by atoms with Gasteiger partial charge >= 0.3 is 5.97 Å². The van der Waals surface area contributed by atoms with Gasteiger partial charge in [-0.15, -0.1) is 0 Å². The van der Waals surface area contributed by atoms with Crippen LogP contribution < -0.4 is 5.32 Å². The number of nitrogens with one attached hydrogen (secondary N) is 1. The van der Waals surface area contributed by atoms with Crippen molar-refractivity contribution in [2.24, 2.45) is 11.8 Å². The lowest BCUT2D eigenvalue weighted by Gasteiger charge is -2.24. The van der Waals surface area contributed by atoms with Crippen LogP contribution in [-0.4, -0.2) is 17.0 Å². The normalized spacial score (nSPS) is 20.6. The number of benzene rings is 1. The van der Waals surface area contributed by atoms with E-state index in [4.69, 9.17) is 5.26 Å². The number of allylic oxidation sites excluding steroid dienone is 2. The molecule has 0 aromatic heterocycles. The zero-order valence-corrected chi connectivity index (χ0v) is 12.6. The maximum absolute atomic E-state index is 12.3. The summed E-state index contributed by atoms with van der Waals surface area (Å²) < 4.78 is 0.591. The number of carboxylic acids is 1. The maximum Gasteiger partial charge on any atom is 0.307 e. The predicted molar refractivity (Wildman–Crippen MR) is 80.5 cm³/mol. The molecular formula is C15H13BrN2O3. The minimum Gasteiger partial charge on any atom is -0.481 e. The van der Waals surface area contributed by atoms with E-state index < -0.39 is 17.8 Å². The monoisotopic (exact) mass is 348 g/mol. The molecule has 21 heavy (non-hydrogen) atoms. The van der Waals surface area contributed by atoms with Crippen LogP contribution >= 0.6 is 15.9 Å². The highest BCUT2D eigenvalue weighted by atomic mass is 79.9. The highest BCUT2D eigenvalue weighted by Crippen LogP contribution is 2.29. The molecule has 0 saturated carbocycles. The first-order chi connectivity index (χ1) is 10.0. The Kier molecular flexibility index (Phi) is 4.76. The molecule has 0 fully saturated rings. The van der Waals surface area contributed by atoms with Crippen LogP contribution in [0.2, 0.25) is 0 Å². The van der Waals surface area contributed by atoms with Crippen LogP contribution in [0.4, 0.5) is 5.69 Å². The van der Waals surface area contributed by atoms with Gasteiger partial charge in [0.2, 0.25) is 5.91 Å². The van der Waals surface area contributed by atoms with E-state index in [-0.39, 0.29) is 5.91 Å². The summed E-state index contributed by atoms with van der Waals surface area (Å²) in [6.45, 7) is 0. The van der Waals surface area contributed by atoms with Crippen molar-refractivity contribution >= 4 is 33.5 Å². The average molecular weight is 349 g/mol. The van der Waals surface area contributed by atoms with Gasteiger partial charge < -0.3 is 10.4 Å². The fourth-order valence-corrected chi connectivity index (χ4v) is 2.77. The zero-order valence-electron chi connectivity index (χ0n) is 11.0. The summed E-state index contributed by atoms with van der Waals surface area (Å²) in [5, 5.41) is 20.7. The van der Waals surface area contributed by atoms with Crippen molar-refractivity contribution in [2.45, 2.75) is 12.8 Å². The molecule has 2 atom stereocenters. The molecule has 1 aliphatic carbocycles. The second kappa shape index (κ2) is 6.55. The number of amides is 1. The van der Waals surface area contributed by atoms with Gasteiger partial charge in [0.25, 0.3) is 0 Å². The fraction of sp³-hybridized carbons (Fsp3) is 0.267. The van der Waals surface area contributed by atoms with E-state index >= 15 is 0 Å². The third-order valence-corrected chi connectivity index (χ3v) is 4.10. The van der Waals surface area contributed by atoms with Crippen molar-refractivity contribution in [2.75, 3.05) is 5.32 Å². The van der Waals surface area contributed by atoms with Gasteiger partial charge in [-0.1, -0.05) is 12.2 Å². The lowest BCUT2D eigenvalue weighted by atomic mass is 9.82. The number of carboxylic acid groups (broad SMARTS) is 1. The molecule has 108 valence electrons. The number of carbonyl (C=O) groups excluding carboxylic acids is 1. The molecule has 0 saturated heterocycles. The molecule has 0 aliphatic heterocycles. The van der Waals surface area contributed by atoms with Crippen molar-refractivity contribution in [3.05, 3.63) is 40.4 Å². The lowest BCUT2D eigenvalue weighted by Crippen LogP contribution is -2.34. The topological polar surface area (TPSA) is 90.2 Å². The molecule has 1 aromatic rings. The molecule has 2 N–H and O–H groups in total. The predicted octanol–water partition coefficient (Wildman–Crippen LogP) is 2.93. The van der Waals surface area contributed by atoms with E-state index in [2.05, 4.69) is 21.2 Å². The minimum absolute atomic E-state index is 0.322. The summed E-state index contributed by atoms with van der Waals surface area (Å²) in [5.41, 5.74) is 1.00. The van der Waals surface area contributed by atoms with E-state index in [9.17, 15) is 14.7 Å². The Morgan fingerprint density at radius 1 is 1.29 bits per heavy atom. The first-order valence-corrected chi connectivity index (χ1v) is 7.20. The molecular weight excluding hydrogens is 336 g/mol. The first-order valence-electron chi connectivity index (χ1n) is 6.41. The Morgan fingerprint density at radius 2 is 1.95 bits per heavy atom. The van der Waals surface area contributed by atoms with Crippen molar-refractivity contribution in [1.82, 2.24) is 0 Å². The molecule has 2 rings (SSSR count). The summed E-state index contributed by atoms with van der Waals surface area (Å²) in [5.74, 6) is -2.57. The zero-order chi connectivity index (χ0) is 15.4. The maximum atomic E-state index is 12.3. The molecule has 1 amide bonds. The van der Waals surface area contributed by atoms with Gasteiger partial charge in [-0.25, -0.2) is 0 Å². The van der Waals surface area contributed by atoms with Gasteiger partial charge in [0.05, 0.1) is 29.2 Å². The first kappa shape index (κ1) is 15.3. The van der Waals surface area contributed by atoms with Crippen LogP contribution in [0.1, 0.15) is 18.4 Å². The number of hydrogen-bond acceptors (Lipinski definition) is 3. The van der Waals surface area contributed by atoms with Crippen LogP contribution in [0.15, 0.2) is 34.8 Å². The van der Waals surface area contributed by atoms with Crippen LogP contribution in [0, 0.1) is 23.2 Å². The van der Waals surface area contributed by atoms with E-state index in [1.54, 1.807) is 24.3 Å². The van der Waals surface area contributed by atoms with Gasteiger partial charge in [0, 0.05) is 4.47 Å². The van der Waals surface area contributed by atoms with Crippen molar-refractivity contribution in [1.29, 1.82) is 5.26 Å². The molecule has 0 spiro atoms. The van der Waals surface area contributed by atoms with Crippen LogP contribution in [-0.2, 0) is 9.59 Å². The van der Waals surface area contributed by atoms with Crippen LogP contribution in [0.3, 0.4) is 0 Å². The Labute approximate surface area is 130 Å². The van der Waals surface area contributed by atoms with E-state index in [0.29, 0.717) is 28.6 Å². The van der Waals surface area contributed by atoms with Crippen molar-refractivity contribution < 1.29 is 14.7 Å². The highest BCUT2D eigenvalue weighted by molar-refractivity contribution is 9.10. The van der Waals surface area contributed by atoms with Crippen LogP contribution in [0.5, 0.6) is 0 Å². The van der Waals surface area contributed by atoms with Crippen LogP contribution in [0.25, 0.3) is 0 Å². The number of anilines is 1. The quantitative estimate of drug-likeness (QED) is 0.821. The molecule has 5 nitrogen and oxygen atoms in total. The molecule has 0 heterocycles. The summed E-state index contributed by atoms with van der Waals surface area (Å²) in [4.78, 5) is 23.5. The molecule has 0 bridgehead atoms. The number of hydrogen-bond donors (Lipinski definition) is 2. The average Bonchev–Trinajstić information content (AvgIpc) is 2.49. The fourth-order valence-electron chi connectivity index (χ4n) is 2.29. The molecule has 0 radical (unpaired) electrons. The number of aliphatic carboxylic acids is 1. The van der Waals surface area contributed by atoms with E-state index in [1.807, 2.05) is 12.1 Å². The Bertz CT molecular complexity index is 649. The number of halogens is 1. The summed E-state index contributed by atoms with van der Waals surface area (Å²) >= 11 is 3.29. The number of carbonyl (C=O) groups is 2. The summed E-state index contributed by atoms with van der Waals surface area (Å²) in [6.07, 6.45) is 4.40. The Hall–Kier alpha value is -2.13. The molecule has 1 aliphatic rings. The largest absolute Gasteiger partial charge is 0.481 e. The Morgan fingerprint density at radius 3 is 2.52 bits per heavy atom. The van der Waals surface area contributed by atoms with Gasteiger partial charge in [-0.05, 0) is 47.0 Å². The lowest BCUT2D eigenvalue weighted by molar-refractivity contribution is -0.146. The third kappa shape index (κ3) is 3.50. The second-order valence-electron chi connectivity index (χ2n) is 4.79. The standard InChI is InChI=1S/C15H13BrN2O3/c16-12-7-9(8-17)5-6-13(12)18-14(19)10-3-1-2-4-11(10)15(20)21/h1-2,5-7,10-11H,3-4H2,(H,18,19)(H,20,21). The SMILES string of the molecule is N#Cc1ccc(NC(=O)C2CC=CCC2C(=O)O)c(Br)c1. The molecule has 2 unspecified atom stereocenters. The van der Waals surface area contributed by atoms with E-state index in [0.717, 1.165) is 0 Å². The van der Waals surface area contributed by atoms with Gasteiger partial charge in [-0.3, -0.25) is 9.59 Å². The highest BCUT2D eigenvalue weighted by Gasteiger charge is 2.34. The number of rotatable bonds is 3. The second-order valence-corrected chi connectivity index (χ2v) is 5.64. The Balaban J connectivity index is 2.16. The summed E-state index contributed by atoms with van der Waals surface area (Å²) in [7, 11) is 0. The smallest absolute Gasteiger partial charge is 0.307 e. The minimum atomic E-state index is -0.960. The van der Waals surface area contributed by atoms with Crippen molar-refractivity contribution in [3.8, 4) is 6.07 Å². The third-order valence-electron chi connectivity index (χ3n) is 3.44. The van der Waals surface area contributed by atoms with Gasteiger partial charge in [0.15, 0.2) is 0 Å².